The summed E-state index contributed by atoms with van der Waals surface area (Å²) in [5, 5.41) is 5.30. The van der Waals surface area contributed by atoms with Crippen molar-refractivity contribution in [1.82, 2.24) is 15.1 Å². The quantitative estimate of drug-likeness (QED) is 0.705. The Morgan fingerprint density at radius 1 is 1.09 bits per heavy atom. The molecule has 3 aliphatic rings. The van der Waals surface area contributed by atoms with E-state index in [0.717, 1.165) is 29.5 Å². The maximum absolute atomic E-state index is 12.9. The van der Waals surface area contributed by atoms with Gasteiger partial charge in [0.05, 0.1) is 6.04 Å². The molecular formula is C25H26N4O4. The van der Waals surface area contributed by atoms with Crippen LogP contribution < -0.4 is 10.6 Å². The van der Waals surface area contributed by atoms with Crippen LogP contribution in [0.15, 0.2) is 48.5 Å². The van der Waals surface area contributed by atoms with E-state index in [1.807, 2.05) is 42.5 Å². The van der Waals surface area contributed by atoms with Gasteiger partial charge in [0.25, 0.3) is 5.91 Å². The minimum absolute atomic E-state index is 0.0129. The summed E-state index contributed by atoms with van der Waals surface area (Å²) in [4.78, 5) is 53.1. The SMILES string of the molecule is CN1C(=O)NC(=O)[C@@]12Cc1ccc(NC(=O)CN3C(=O)CCCC3c3ccccc3)cc1C2. The van der Waals surface area contributed by atoms with Crippen LogP contribution in [0.1, 0.15) is 42.0 Å². The third-order valence-electron chi connectivity index (χ3n) is 7.11. The van der Waals surface area contributed by atoms with E-state index in [0.29, 0.717) is 24.9 Å². The summed E-state index contributed by atoms with van der Waals surface area (Å²) in [6.45, 7) is -0.0148. The van der Waals surface area contributed by atoms with Crippen LogP contribution >= 0.6 is 0 Å². The predicted molar refractivity (Wildman–Crippen MR) is 121 cm³/mol. The van der Waals surface area contributed by atoms with Crippen molar-refractivity contribution in [3.05, 3.63) is 65.2 Å². The second-order valence-electron chi connectivity index (χ2n) is 9.08. The number of urea groups is 1. The molecule has 2 saturated heterocycles. The molecule has 5 rings (SSSR count). The van der Waals surface area contributed by atoms with Gasteiger partial charge in [-0.3, -0.25) is 19.7 Å². The average Bonchev–Trinajstić information content (AvgIpc) is 3.28. The number of piperidine rings is 1. The van der Waals surface area contributed by atoms with Crippen molar-refractivity contribution in [2.45, 2.75) is 43.7 Å². The van der Waals surface area contributed by atoms with Gasteiger partial charge < -0.3 is 15.1 Å². The number of carbonyl (C=O) groups is 4. The summed E-state index contributed by atoms with van der Waals surface area (Å²) < 4.78 is 0. The number of anilines is 1. The van der Waals surface area contributed by atoms with Crippen molar-refractivity contribution in [3.8, 4) is 0 Å². The normalized spacial score (nSPS) is 24.3. The highest BCUT2D eigenvalue weighted by molar-refractivity contribution is 6.07. The minimum Gasteiger partial charge on any atom is -0.326 e. The first-order valence-electron chi connectivity index (χ1n) is 11.2. The molecule has 0 saturated carbocycles. The van der Waals surface area contributed by atoms with E-state index in [4.69, 9.17) is 0 Å². The third kappa shape index (κ3) is 3.65. The van der Waals surface area contributed by atoms with Crippen LogP contribution in [-0.4, -0.2) is 52.7 Å². The van der Waals surface area contributed by atoms with Crippen LogP contribution in [0.5, 0.6) is 0 Å². The lowest BCUT2D eigenvalue weighted by atomic mass is 9.95. The molecular weight excluding hydrogens is 420 g/mol. The number of hydrogen-bond acceptors (Lipinski definition) is 4. The number of hydrogen-bond donors (Lipinski definition) is 2. The first kappa shape index (κ1) is 21.2. The molecule has 2 N–H and O–H groups in total. The fourth-order valence-electron chi connectivity index (χ4n) is 5.27. The van der Waals surface area contributed by atoms with Gasteiger partial charge in [0.15, 0.2) is 0 Å². The number of rotatable bonds is 4. The molecule has 0 aromatic heterocycles. The highest BCUT2D eigenvalue weighted by atomic mass is 16.2. The molecule has 2 aliphatic heterocycles. The number of imide groups is 1. The van der Waals surface area contributed by atoms with Gasteiger partial charge in [0, 0.05) is 32.0 Å². The number of carbonyl (C=O) groups excluding carboxylic acids is 4. The Labute approximate surface area is 191 Å². The summed E-state index contributed by atoms with van der Waals surface area (Å²) in [6.07, 6.45) is 2.95. The number of benzene rings is 2. The summed E-state index contributed by atoms with van der Waals surface area (Å²) in [7, 11) is 1.63. The maximum Gasteiger partial charge on any atom is 0.324 e. The summed E-state index contributed by atoms with van der Waals surface area (Å²) in [5.74, 6) is -0.557. The Hall–Kier alpha value is -3.68. The summed E-state index contributed by atoms with van der Waals surface area (Å²) in [5.41, 5.74) is 2.67. The van der Waals surface area contributed by atoms with Crippen molar-refractivity contribution in [2.75, 3.05) is 18.9 Å². The maximum atomic E-state index is 12.9. The molecule has 5 amide bonds. The molecule has 0 bridgehead atoms. The van der Waals surface area contributed by atoms with E-state index >= 15 is 0 Å². The van der Waals surface area contributed by atoms with E-state index in [1.54, 1.807) is 18.0 Å². The molecule has 2 aromatic carbocycles. The number of nitrogens with one attached hydrogen (secondary N) is 2. The second kappa shape index (κ2) is 8.03. The van der Waals surface area contributed by atoms with Gasteiger partial charge in [-0.15, -0.1) is 0 Å². The second-order valence-corrected chi connectivity index (χ2v) is 9.08. The van der Waals surface area contributed by atoms with Gasteiger partial charge in [-0.05, 0) is 41.7 Å². The third-order valence-corrected chi connectivity index (χ3v) is 7.11. The van der Waals surface area contributed by atoms with Gasteiger partial charge >= 0.3 is 6.03 Å². The molecule has 2 aromatic rings. The molecule has 0 radical (unpaired) electrons. The number of fused-ring (bicyclic) bond motifs is 1. The first-order valence-corrected chi connectivity index (χ1v) is 11.2. The zero-order valence-corrected chi connectivity index (χ0v) is 18.5. The van der Waals surface area contributed by atoms with Gasteiger partial charge in [-0.25, -0.2) is 4.79 Å². The fraction of sp³-hybridized carbons (Fsp3) is 0.360. The molecule has 8 nitrogen and oxygen atoms in total. The number of likely N-dealkylation sites (tertiary alicyclic amines) is 1. The Morgan fingerprint density at radius 3 is 2.58 bits per heavy atom. The van der Waals surface area contributed by atoms with Crippen molar-refractivity contribution in [1.29, 1.82) is 0 Å². The van der Waals surface area contributed by atoms with Gasteiger partial charge in [0.2, 0.25) is 11.8 Å². The highest BCUT2D eigenvalue weighted by Gasteiger charge is 2.54. The summed E-state index contributed by atoms with van der Waals surface area (Å²) >= 11 is 0. The summed E-state index contributed by atoms with van der Waals surface area (Å²) in [6, 6.07) is 14.9. The lowest BCUT2D eigenvalue weighted by Crippen LogP contribution is -2.48. The van der Waals surface area contributed by atoms with Crippen LogP contribution in [0.2, 0.25) is 0 Å². The number of nitrogens with zero attached hydrogens (tertiary/aromatic N) is 2. The van der Waals surface area contributed by atoms with Crippen molar-refractivity contribution in [2.24, 2.45) is 0 Å². The monoisotopic (exact) mass is 446 g/mol. The van der Waals surface area contributed by atoms with E-state index < -0.39 is 5.54 Å². The number of likely N-dealkylation sites (N-methyl/N-ethyl adjacent to an activating group) is 1. The Bertz CT molecular complexity index is 1150. The van der Waals surface area contributed by atoms with Gasteiger partial charge in [0.1, 0.15) is 12.1 Å². The first-order chi connectivity index (χ1) is 15.9. The van der Waals surface area contributed by atoms with Gasteiger partial charge in [-0.2, -0.15) is 0 Å². The topological polar surface area (TPSA) is 98.8 Å². The molecule has 33 heavy (non-hydrogen) atoms. The zero-order valence-electron chi connectivity index (χ0n) is 18.5. The average molecular weight is 447 g/mol. The Kier molecular flexibility index (Phi) is 5.15. The molecule has 8 heteroatoms. The Balaban J connectivity index is 1.30. The lowest BCUT2D eigenvalue weighted by Gasteiger charge is -2.35. The van der Waals surface area contributed by atoms with Gasteiger partial charge in [-0.1, -0.05) is 36.4 Å². The molecule has 2 fully saturated rings. The van der Waals surface area contributed by atoms with Crippen LogP contribution in [-0.2, 0) is 27.2 Å². The van der Waals surface area contributed by atoms with E-state index in [2.05, 4.69) is 10.6 Å². The largest absolute Gasteiger partial charge is 0.326 e. The van der Waals surface area contributed by atoms with E-state index in [1.165, 1.54) is 4.90 Å². The predicted octanol–water partition coefficient (Wildman–Crippen LogP) is 2.40. The molecule has 2 heterocycles. The lowest BCUT2D eigenvalue weighted by molar-refractivity contribution is -0.139. The van der Waals surface area contributed by atoms with E-state index in [-0.39, 0.29) is 36.3 Å². The number of amides is 5. The standard InChI is InChI=1S/C25H26N4O4/c1-28-24(33)27-23(32)25(28)13-17-10-11-19(12-18(17)14-25)26-21(30)15-29-20(8-5-9-22(29)31)16-6-3-2-4-7-16/h2-4,6-7,10-12,20H,5,8-9,13-15H2,1H3,(H,26,30)(H,27,32,33)/t20?,25-/m0/s1. The molecule has 1 spiro atoms. The molecule has 1 unspecified atom stereocenters. The van der Waals surface area contributed by atoms with Crippen LogP contribution in [0, 0.1) is 0 Å². The molecule has 170 valence electrons. The van der Waals surface area contributed by atoms with Crippen LogP contribution in [0.3, 0.4) is 0 Å². The zero-order chi connectivity index (χ0) is 23.2. The highest BCUT2D eigenvalue weighted by Crippen LogP contribution is 2.38. The van der Waals surface area contributed by atoms with Crippen LogP contribution in [0.4, 0.5) is 10.5 Å². The van der Waals surface area contributed by atoms with Crippen molar-refractivity contribution in [3.63, 3.8) is 0 Å². The van der Waals surface area contributed by atoms with Crippen LogP contribution in [0.25, 0.3) is 0 Å². The Morgan fingerprint density at radius 2 is 1.85 bits per heavy atom. The fourth-order valence-corrected chi connectivity index (χ4v) is 5.27. The van der Waals surface area contributed by atoms with E-state index in [9.17, 15) is 19.2 Å². The minimum atomic E-state index is -0.898. The molecule has 2 atom stereocenters. The molecule has 1 aliphatic carbocycles. The van der Waals surface area contributed by atoms with Crippen molar-refractivity contribution < 1.29 is 19.2 Å². The van der Waals surface area contributed by atoms with Crippen molar-refractivity contribution >= 4 is 29.4 Å². The smallest absolute Gasteiger partial charge is 0.324 e.